The van der Waals surface area contributed by atoms with E-state index in [1.807, 2.05) is 0 Å². The van der Waals surface area contributed by atoms with Crippen molar-refractivity contribution in [1.29, 1.82) is 0 Å². The van der Waals surface area contributed by atoms with Crippen LogP contribution in [0.25, 0.3) is 0 Å². The van der Waals surface area contributed by atoms with Gasteiger partial charge in [-0.05, 0) is 13.3 Å². The van der Waals surface area contributed by atoms with E-state index in [-0.39, 0.29) is 12.3 Å². The number of hydrogen-bond donors (Lipinski definition) is 4. The van der Waals surface area contributed by atoms with Gasteiger partial charge in [-0.1, -0.05) is 0 Å². The lowest BCUT2D eigenvalue weighted by Gasteiger charge is -2.24. The molecule has 1 rings (SSSR count). The zero-order chi connectivity index (χ0) is 13.7. The van der Waals surface area contributed by atoms with Gasteiger partial charge < -0.3 is 5.32 Å². The van der Waals surface area contributed by atoms with Gasteiger partial charge in [0.15, 0.2) is 0 Å². The van der Waals surface area contributed by atoms with Crippen LogP contribution in [0.2, 0.25) is 0 Å². The molecule has 0 radical (unpaired) electrons. The van der Waals surface area contributed by atoms with E-state index in [0.29, 0.717) is 6.42 Å². The third-order valence-corrected chi connectivity index (χ3v) is 2.55. The maximum absolute atomic E-state index is 11.5. The maximum Gasteiger partial charge on any atom is 0.321 e. The summed E-state index contributed by atoms with van der Waals surface area (Å²) >= 11 is 0. The predicted octanol–water partition coefficient (Wildman–Crippen LogP) is -1.77. The molecule has 0 saturated carbocycles. The zero-order valence-corrected chi connectivity index (χ0v) is 10.2. The second kappa shape index (κ2) is 6.10. The number of piperidine rings is 1. The molecule has 5 amide bonds. The molecule has 4 N–H and O–H groups in total. The Bertz CT molecular complexity index is 382. The number of imide groups is 2. The number of nitrogens with one attached hydrogen (secondary N) is 4. The third kappa shape index (κ3) is 3.81. The number of urea groups is 1. The van der Waals surface area contributed by atoms with E-state index in [0.717, 1.165) is 0 Å². The van der Waals surface area contributed by atoms with Crippen LogP contribution in [0.4, 0.5) is 4.79 Å². The lowest BCUT2D eigenvalue weighted by atomic mass is 10.1. The molecule has 1 saturated heterocycles. The Morgan fingerprint density at radius 3 is 2.61 bits per heavy atom. The minimum absolute atomic E-state index is 0.229. The van der Waals surface area contributed by atoms with Gasteiger partial charge in [-0.25, -0.2) is 4.79 Å². The second-order valence-electron chi connectivity index (χ2n) is 3.96. The van der Waals surface area contributed by atoms with Crippen LogP contribution in [0.15, 0.2) is 0 Å². The van der Waals surface area contributed by atoms with Crippen LogP contribution < -0.4 is 21.3 Å². The Kier molecular flexibility index (Phi) is 4.78. The third-order valence-electron chi connectivity index (χ3n) is 2.55. The van der Waals surface area contributed by atoms with Crippen molar-refractivity contribution in [2.45, 2.75) is 31.8 Å². The molecule has 0 bridgehead atoms. The minimum atomic E-state index is -0.716. The summed E-state index contributed by atoms with van der Waals surface area (Å²) in [6.07, 6.45) is 0.565. The molecular formula is C10H16N4O4. The average Bonchev–Trinajstić information content (AvgIpc) is 2.32. The van der Waals surface area contributed by atoms with Gasteiger partial charge in [0.1, 0.15) is 0 Å². The molecule has 1 aliphatic rings. The highest BCUT2D eigenvalue weighted by atomic mass is 16.2. The maximum atomic E-state index is 11.5. The fourth-order valence-electron chi connectivity index (χ4n) is 1.51. The van der Waals surface area contributed by atoms with Crippen LogP contribution in [0.1, 0.15) is 19.8 Å². The highest BCUT2D eigenvalue weighted by molar-refractivity contribution is 6.01. The largest absolute Gasteiger partial charge is 0.341 e. The van der Waals surface area contributed by atoms with Crippen LogP contribution in [0.5, 0.6) is 0 Å². The molecule has 0 aromatic carbocycles. The summed E-state index contributed by atoms with van der Waals surface area (Å²) in [5, 5.41) is 9.28. The quantitative estimate of drug-likeness (QED) is 0.446. The van der Waals surface area contributed by atoms with Crippen molar-refractivity contribution in [2.75, 3.05) is 7.05 Å². The Morgan fingerprint density at radius 2 is 2.06 bits per heavy atom. The standard InChI is InChI=1S/C10H16N4O4/c1-5(8(16)14-10(18)11-2)12-6-3-4-7(15)13-9(6)17/h5-6,12H,3-4H2,1-2H3,(H,13,15,17)(H2,11,14,16,18). The van der Waals surface area contributed by atoms with Gasteiger partial charge in [0, 0.05) is 13.5 Å². The Labute approximate surface area is 104 Å². The van der Waals surface area contributed by atoms with E-state index in [9.17, 15) is 19.2 Å². The van der Waals surface area contributed by atoms with E-state index in [1.54, 1.807) is 0 Å². The molecule has 2 atom stereocenters. The normalized spacial score (nSPS) is 20.9. The first-order valence-electron chi connectivity index (χ1n) is 5.56. The number of carbonyl (C=O) groups is 4. The predicted molar refractivity (Wildman–Crippen MR) is 61.4 cm³/mol. The smallest absolute Gasteiger partial charge is 0.321 e. The molecular weight excluding hydrogens is 240 g/mol. The van der Waals surface area contributed by atoms with Crippen LogP contribution in [-0.2, 0) is 14.4 Å². The molecule has 1 fully saturated rings. The SMILES string of the molecule is CNC(=O)NC(=O)C(C)NC1CCC(=O)NC1=O. The fraction of sp³-hybridized carbons (Fsp3) is 0.600. The monoisotopic (exact) mass is 256 g/mol. The van der Waals surface area contributed by atoms with Gasteiger partial charge >= 0.3 is 6.03 Å². The van der Waals surface area contributed by atoms with Crippen molar-refractivity contribution < 1.29 is 19.2 Å². The average molecular weight is 256 g/mol. The first-order chi connectivity index (χ1) is 8.43. The van der Waals surface area contributed by atoms with Crippen LogP contribution in [0.3, 0.4) is 0 Å². The number of carbonyl (C=O) groups excluding carboxylic acids is 4. The minimum Gasteiger partial charge on any atom is -0.341 e. The lowest BCUT2D eigenvalue weighted by molar-refractivity contribution is -0.135. The van der Waals surface area contributed by atoms with Gasteiger partial charge in [-0.3, -0.25) is 30.3 Å². The summed E-state index contributed by atoms with van der Waals surface area (Å²) in [7, 11) is 1.39. The summed E-state index contributed by atoms with van der Waals surface area (Å²) in [5.41, 5.74) is 0. The number of rotatable bonds is 3. The first kappa shape index (κ1) is 14.1. The number of amides is 5. The van der Waals surface area contributed by atoms with Crippen LogP contribution in [0, 0.1) is 0 Å². The fourth-order valence-corrected chi connectivity index (χ4v) is 1.51. The van der Waals surface area contributed by atoms with E-state index in [1.165, 1.54) is 14.0 Å². The second-order valence-corrected chi connectivity index (χ2v) is 3.96. The summed E-state index contributed by atoms with van der Waals surface area (Å²) in [6.45, 7) is 1.53. The van der Waals surface area contributed by atoms with E-state index >= 15 is 0 Å². The van der Waals surface area contributed by atoms with Gasteiger partial charge in [-0.15, -0.1) is 0 Å². The van der Waals surface area contributed by atoms with Crippen molar-refractivity contribution in [2.24, 2.45) is 0 Å². The highest BCUT2D eigenvalue weighted by Crippen LogP contribution is 2.05. The molecule has 8 nitrogen and oxygen atoms in total. The molecule has 0 aromatic heterocycles. The topological polar surface area (TPSA) is 116 Å². The van der Waals surface area contributed by atoms with Crippen LogP contribution in [-0.4, -0.2) is 42.9 Å². The molecule has 8 heteroatoms. The molecule has 0 spiro atoms. The lowest BCUT2D eigenvalue weighted by Crippen LogP contribution is -2.56. The highest BCUT2D eigenvalue weighted by Gasteiger charge is 2.29. The summed E-state index contributed by atoms with van der Waals surface area (Å²) in [4.78, 5) is 44.8. The summed E-state index contributed by atoms with van der Waals surface area (Å²) in [6, 6.07) is -1.93. The number of hydrogen-bond acceptors (Lipinski definition) is 5. The van der Waals surface area contributed by atoms with E-state index in [2.05, 4.69) is 21.3 Å². The van der Waals surface area contributed by atoms with E-state index < -0.39 is 29.9 Å². The molecule has 0 aromatic rings. The molecule has 2 unspecified atom stereocenters. The molecule has 18 heavy (non-hydrogen) atoms. The Hall–Kier alpha value is -1.96. The van der Waals surface area contributed by atoms with Gasteiger partial charge in [0.2, 0.25) is 17.7 Å². The van der Waals surface area contributed by atoms with Crippen LogP contribution >= 0.6 is 0 Å². The van der Waals surface area contributed by atoms with E-state index in [4.69, 9.17) is 0 Å². The first-order valence-corrected chi connectivity index (χ1v) is 5.56. The molecule has 0 aliphatic carbocycles. The van der Waals surface area contributed by atoms with Crippen molar-refractivity contribution in [3.05, 3.63) is 0 Å². The van der Waals surface area contributed by atoms with Gasteiger partial charge in [0.05, 0.1) is 12.1 Å². The molecule has 1 aliphatic heterocycles. The Morgan fingerprint density at radius 1 is 1.39 bits per heavy atom. The molecule has 1 heterocycles. The van der Waals surface area contributed by atoms with Crippen molar-refractivity contribution >= 4 is 23.8 Å². The van der Waals surface area contributed by atoms with Gasteiger partial charge in [0.25, 0.3) is 0 Å². The zero-order valence-electron chi connectivity index (χ0n) is 10.2. The van der Waals surface area contributed by atoms with Crippen molar-refractivity contribution in [3.63, 3.8) is 0 Å². The van der Waals surface area contributed by atoms with Crippen molar-refractivity contribution in [3.8, 4) is 0 Å². The Balaban J connectivity index is 2.46. The summed E-state index contributed by atoms with van der Waals surface area (Å²) in [5.74, 6) is -1.31. The van der Waals surface area contributed by atoms with Gasteiger partial charge in [-0.2, -0.15) is 0 Å². The molecule has 100 valence electrons. The van der Waals surface area contributed by atoms with Crippen molar-refractivity contribution in [1.82, 2.24) is 21.3 Å². The summed E-state index contributed by atoms with van der Waals surface area (Å²) < 4.78 is 0.